The fourth-order valence-electron chi connectivity index (χ4n) is 3.17. The van der Waals surface area contributed by atoms with Crippen molar-refractivity contribution in [2.24, 2.45) is 5.92 Å². The molecule has 0 saturated heterocycles. The van der Waals surface area contributed by atoms with Gasteiger partial charge >= 0.3 is 12.0 Å². The van der Waals surface area contributed by atoms with Crippen LogP contribution in [0.5, 0.6) is 5.75 Å². The van der Waals surface area contributed by atoms with Crippen molar-refractivity contribution in [3.63, 3.8) is 0 Å². The van der Waals surface area contributed by atoms with Gasteiger partial charge in [-0.25, -0.2) is 9.59 Å². The second-order valence-electron chi connectivity index (χ2n) is 7.14. The first kappa shape index (κ1) is 22.4. The number of hydrogen-bond acceptors (Lipinski definition) is 6. The largest absolute Gasteiger partial charge is 0.482 e. The number of hydrogen-bond donors (Lipinski definition) is 2. The molecule has 0 spiro atoms. The molecular formula is C21H28N2O6. The zero-order chi connectivity index (χ0) is 21.2. The van der Waals surface area contributed by atoms with Crippen LogP contribution in [0, 0.1) is 5.92 Å². The number of amides is 3. The molecule has 3 amide bonds. The van der Waals surface area contributed by atoms with Crippen LogP contribution in [0.4, 0.5) is 4.79 Å². The molecule has 1 saturated carbocycles. The minimum absolute atomic E-state index is 0.0175. The topological polar surface area (TPSA) is 111 Å². The molecule has 2 atom stereocenters. The van der Waals surface area contributed by atoms with Gasteiger partial charge in [0.15, 0.2) is 19.0 Å². The predicted octanol–water partition coefficient (Wildman–Crippen LogP) is 2.61. The van der Waals surface area contributed by atoms with Crippen molar-refractivity contribution in [3.8, 4) is 5.75 Å². The number of benzene rings is 1. The zero-order valence-electron chi connectivity index (χ0n) is 16.9. The minimum Gasteiger partial charge on any atom is -0.482 e. The third-order valence-electron chi connectivity index (χ3n) is 4.90. The van der Waals surface area contributed by atoms with Crippen LogP contribution in [0.1, 0.15) is 56.3 Å². The fourth-order valence-corrected chi connectivity index (χ4v) is 3.17. The Bertz CT molecular complexity index is 731. The maximum atomic E-state index is 11.9. The maximum absolute atomic E-state index is 11.9. The van der Waals surface area contributed by atoms with Gasteiger partial charge in [0, 0.05) is 18.0 Å². The van der Waals surface area contributed by atoms with E-state index >= 15 is 0 Å². The molecular weight excluding hydrogens is 376 g/mol. The van der Waals surface area contributed by atoms with Crippen LogP contribution < -0.4 is 15.4 Å². The first-order valence-electron chi connectivity index (χ1n) is 9.91. The molecule has 0 bridgehead atoms. The Kier molecular flexibility index (Phi) is 8.64. The van der Waals surface area contributed by atoms with E-state index in [0.29, 0.717) is 23.7 Å². The lowest BCUT2D eigenvalue weighted by Gasteiger charge is -2.29. The number of nitrogens with one attached hydrogen (secondary N) is 2. The van der Waals surface area contributed by atoms with E-state index in [1.54, 1.807) is 31.2 Å². The summed E-state index contributed by atoms with van der Waals surface area (Å²) in [5, 5.41) is 4.95. The molecule has 2 N–H and O–H groups in total. The Hall–Kier alpha value is -2.90. The first-order valence-corrected chi connectivity index (χ1v) is 9.91. The molecule has 0 heterocycles. The van der Waals surface area contributed by atoms with Crippen LogP contribution in [0.25, 0.3) is 0 Å². The van der Waals surface area contributed by atoms with Crippen molar-refractivity contribution >= 4 is 23.7 Å². The summed E-state index contributed by atoms with van der Waals surface area (Å²) in [5.41, 5.74) is 0.569. The van der Waals surface area contributed by atoms with Crippen LogP contribution in [0.3, 0.4) is 0 Å². The van der Waals surface area contributed by atoms with Crippen LogP contribution >= 0.6 is 0 Å². The van der Waals surface area contributed by atoms with E-state index in [4.69, 9.17) is 9.47 Å². The van der Waals surface area contributed by atoms with Crippen LogP contribution in [0.15, 0.2) is 24.3 Å². The summed E-state index contributed by atoms with van der Waals surface area (Å²) in [4.78, 5) is 46.9. The molecule has 1 aliphatic carbocycles. The molecule has 29 heavy (non-hydrogen) atoms. The van der Waals surface area contributed by atoms with Gasteiger partial charge < -0.3 is 14.8 Å². The van der Waals surface area contributed by atoms with Gasteiger partial charge in [-0.2, -0.15) is 0 Å². The predicted molar refractivity (Wildman–Crippen MR) is 106 cm³/mol. The van der Waals surface area contributed by atoms with Crippen LogP contribution in [-0.4, -0.2) is 42.9 Å². The van der Waals surface area contributed by atoms with Crippen molar-refractivity contribution in [3.05, 3.63) is 29.8 Å². The third kappa shape index (κ3) is 7.56. The van der Waals surface area contributed by atoms with Crippen molar-refractivity contribution in [1.82, 2.24) is 10.6 Å². The molecule has 2 rings (SSSR count). The highest BCUT2D eigenvalue weighted by atomic mass is 16.6. The number of imide groups is 1. The Balaban J connectivity index is 1.65. The monoisotopic (exact) mass is 404 g/mol. The normalized spacial score (nSPS) is 18.4. The minimum atomic E-state index is -0.741. The van der Waals surface area contributed by atoms with Crippen molar-refractivity contribution in [2.75, 3.05) is 13.2 Å². The molecule has 8 nitrogen and oxygen atoms in total. The van der Waals surface area contributed by atoms with Gasteiger partial charge in [0.2, 0.25) is 0 Å². The number of carbonyl (C=O) groups is 4. The zero-order valence-corrected chi connectivity index (χ0v) is 16.9. The smallest absolute Gasteiger partial charge is 0.344 e. The maximum Gasteiger partial charge on any atom is 0.344 e. The number of ether oxygens (including phenoxy) is 2. The summed E-state index contributed by atoms with van der Waals surface area (Å²) in [7, 11) is 0. The van der Waals surface area contributed by atoms with E-state index in [2.05, 4.69) is 17.6 Å². The van der Waals surface area contributed by atoms with E-state index < -0.39 is 24.5 Å². The molecule has 0 radical (unpaired) electrons. The third-order valence-corrected chi connectivity index (χ3v) is 4.90. The first-order chi connectivity index (χ1) is 13.9. The van der Waals surface area contributed by atoms with E-state index in [0.717, 1.165) is 25.7 Å². The average Bonchev–Trinajstić information content (AvgIpc) is 2.72. The molecule has 1 aromatic carbocycles. The molecule has 0 unspecified atom stereocenters. The van der Waals surface area contributed by atoms with Gasteiger partial charge in [0.25, 0.3) is 5.91 Å². The number of rotatable bonds is 8. The van der Waals surface area contributed by atoms with E-state index in [9.17, 15) is 19.2 Å². The highest BCUT2D eigenvalue weighted by molar-refractivity contribution is 5.96. The SMILES string of the molecule is CCC(=O)c1ccc(OCC(=O)OCC(=O)NC(=O)N[C@H]2CCCC[C@@H]2C)cc1. The highest BCUT2D eigenvalue weighted by Gasteiger charge is 2.23. The summed E-state index contributed by atoms with van der Waals surface area (Å²) in [6.45, 7) is 2.89. The Morgan fingerprint density at radius 3 is 2.38 bits per heavy atom. The molecule has 158 valence electrons. The lowest BCUT2D eigenvalue weighted by molar-refractivity contribution is -0.150. The van der Waals surface area contributed by atoms with Gasteiger partial charge in [-0.05, 0) is 43.0 Å². The van der Waals surface area contributed by atoms with E-state index in [1.807, 2.05) is 0 Å². The molecule has 0 aromatic heterocycles. The number of Topliss-reactive ketones (excluding diaryl/α,β-unsaturated/α-hetero) is 1. The molecule has 1 aromatic rings. The number of esters is 1. The highest BCUT2D eigenvalue weighted by Crippen LogP contribution is 2.23. The number of carbonyl (C=O) groups excluding carboxylic acids is 4. The van der Waals surface area contributed by atoms with Gasteiger partial charge in [-0.1, -0.05) is 26.7 Å². The Labute approximate surface area is 170 Å². The molecule has 0 aliphatic heterocycles. The number of ketones is 1. The quantitative estimate of drug-likeness (QED) is 0.509. The van der Waals surface area contributed by atoms with Gasteiger partial charge in [-0.15, -0.1) is 0 Å². The van der Waals surface area contributed by atoms with Crippen LogP contribution in [-0.2, 0) is 14.3 Å². The van der Waals surface area contributed by atoms with Crippen molar-refractivity contribution in [1.29, 1.82) is 0 Å². The molecule has 8 heteroatoms. The standard InChI is InChI=1S/C21H28N2O6/c1-3-18(24)15-8-10-16(11-9-15)28-13-20(26)29-12-19(25)23-21(27)22-17-7-5-4-6-14(17)2/h8-11,14,17H,3-7,12-13H2,1-2H3,(H2,22,23,25,27)/t14-,17-/m0/s1. The van der Waals surface area contributed by atoms with E-state index in [1.165, 1.54) is 0 Å². The second kappa shape index (κ2) is 11.2. The number of urea groups is 1. The summed E-state index contributed by atoms with van der Waals surface area (Å²) in [6.07, 6.45) is 4.56. The summed E-state index contributed by atoms with van der Waals surface area (Å²) >= 11 is 0. The van der Waals surface area contributed by atoms with Gasteiger partial charge in [0.05, 0.1) is 0 Å². The van der Waals surface area contributed by atoms with Crippen molar-refractivity contribution < 1.29 is 28.7 Å². The Morgan fingerprint density at radius 1 is 1.03 bits per heavy atom. The van der Waals surface area contributed by atoms with Crippen molar-refractivity contribution in [2.45, 2.75) is 52.0 Å². The average molecular weight is 404 g/mol. The van der Waals surface area contributed by atoms with Gasteiger partial charge in [-0.3, -0.25) is 14.9 Å². The lowest BCUT2D eigenvalue weighted by Crippen LogP contribution is -2.48. The summed E-state index contributed by atoms with van der Waals surface area (Å²) < 4.78 is 10.1. The summed E-state index contributed by atoms with van der Waals surface area (Å²) in [6, 6.07) is 5.87. The second-order valence-corrected chi connectivity index (χ2v) is 7.14. The Morgan fingerprint density at radius 2 is 1.72 bits per heavy atom. The van der Waals surface area contributed by atoms with Crippen LogP contribution in [0.2, 0.25) is 0 Å². The fraction of sp³-hybridized carbons (Fsp3) is 0.524. The van der Waals surface area contributed by atoms with E-state index in [-0.39, 0.29) is 18.4 Å². The van der Waals surface area contributed by atoms with Gasteiger partial charge in [0.1, 0.15) is 5.75 Å². The summed E-state index contributed by atoms with van der Waals surface area (Å²) in [5.74, 6) is -0.658. The lowest BCUT2D eigenvalue weighted by atomic mass is 9.86. The molecule has 1 fully saturated rings. The molecule has 1 aliphatic rings.